The summed E-state index contributed by atoms with van der Waals surface area (Å²) in [5, 5.41) is 3.47. The smallest absolute Gasteiger partial charge is 0.245 e. The first-order chi connectivity index (χ1) is 10.1. The fourth-order valence-electron chi connectivity index (χ4n) is 3.72. The third kappa shape index (κ3) is 3.37. The Morgan fingerprint density at radius 3 is 2.35 bits per heavy atom. The van der Waals surface area contributed by atoms with Crippen molar-refractivity contribution >= 4 is 22.6 Å². The minimum Gasteiger partial charge on any atom is -1.00 e. The van der Waals surface area contributed by atoms with E-state index in [1.165, 1.54) is 14.7 Å². The van der Waals surface area contributed by atoms with Crippen LogP contribution in [0.4, 0.5) is 0 Å². The SMILES string of the molecule is CC(C)(C)c1cc(I)c2c(c1)C[N+](C)(C)C1(CCNCC1)O2.[Cl-]. The monoisotopic (exact) mass is 450 g/mol. The van der Waals surface area contributed by atoms with Crippen LogP contribution < -0.4 is 22.5 Å². The van der Waals surface area contributed by atoms with E-state index < -0.39 is 0 Å². The molecule has 1 N–H and O–H groups in total. The summed E-state index contributed by atoms with van der Waals surface area (Å²) in [5.41, 5.74) is 2.88. The highest BCUT2D eigenvalue weighted by Gasteiger charge is 2.52. The van der Waals surface area contributed by atoms with Crippen molar-refractivity contribution in [3.8, 4) is 5.75 Å². The molecule has 23 heavy (non-hydrogen) atoms. The van der Waals surface area contributed by atoms with Crippen LogP contribution >= 0.6 is 22.6 Å². The number of quaternary nitrogens is 1. The number of ether oxygens (including phenoxy) is 1. The van der Waals surface area contributed by atoms with Crippen LogP contribution in [-0.2, 0) is 12.0 Å². The summed E-state index contributed by atoms with van der Waals surface area (Å²) < 4.78 is 8.88. The summed E-state index contributed by atoms with van der Waals surface area (Å²) in [6.45, 7) is 9.99. The molecule has 130 valence electrons. The van der Waals surface area contributed by atoms with E-state index in [0.29, 0.717) is 0 Å². The Morgan fingerprint density at radius 1 is 1.17 bits per heavy atom. The maximum Gasteiger partial charge on any atom is 0.245 e. The standard InChI is InChI=1S/C18H28IN2O.ClH/c1-17(2,3)14-10-13-12-21(4,5)18(6-8-20-9-7-18)22-16(13)15(19)11-14;/h10-11,20H,6-9,12H2,1-5H3;1H/q+1;/p-1. The lowest BCUT2D eigenvalue weighted by Crippen LogP contribution is -3.00. The lowest BCUT2D eigenvalue weighted by atomic mass is 9.85. The van der Waals surface area contributed by atoms with Crippen molar-refractivity contribution < 1.29 is 21.6 Å². The number of hydrogen-bond donors (Lipinski definition) is 1. The van der Waals surface area contributed by atoms with Crippen molar-refractivity contribution in [3.05, 3.63) is 26.8 Å². The van der Waals surface area contributed by atoms with Gasteiger partial charge in [-0.15, -0.1) is 0 Å². The van der Waals surface area contributed by atoms with Crippen LogP contribution in [0, 0.1) is 3.57 Å². The summed E-state index contributed by atoms with van der Waals surface area (Å²) >= 11 is 2.45. The molecule has 0 aliphatic carbocycles. The molecule has 2 aliphatic rings. The molecule has 0 amide bonds. The van der Waals surface area contributed by atoms with E-state index in [1.54, 1.807) is 0 Å². The van der Waals surface area contributed by atoms with E-state index in [1.807, 2.05) is 0 Å². The van der Waals surface area contributed by atoms with Gasteiger partial charge in [-0.3, -0.25) is 4.48 Å². The summed E-state index contributed by atoms with van der Waals surface area (Å²) in [4.78, 5) is 0. The van der Waals surface area contributed by atoms with Gasteiger partial charge in [0.2, 0.25) is 5.72 Å². The van der Waals surface area contributed by atoms with Crippen LogP contribution in [0.15, 0.2) is 12.1 Å². The minimum atomic E-state index is -0.0680. The van der Waals surface area contributed by atoms with Crippen LogP contribution in [0.1, 0.15) is 44.7 Å². The van der Waals surface area contributed by atoms with E-state index >= 15 is 0 Å². The van der Waals surface area contributed by atoms with Crippen molar-refractivity contribution in [2.24, 2.45) is 0 Å². The molecule has 0 radical (unpaired) electrons. The number of halogens is 2. The molecular formula is C18H28ClIN2O. The minimum absolute atomic E-state index is 0. The second-order valence-corrected chi connectivity index (χ2v) is 9.50. The van der Waals surface area contributed by atoms with Crippen LogP contribution in [-0.4, -0.2) is 37.4 Å². The van der Waals surface area contributed by atoms with Crippen LogP contribution in [0.25, 0.3) is 0 Å². The Hall–Kier alpha value is -0.0400. The molecule has 1 aromatic rings. The van der Waals surface area contributed by atoms with Crippen LogP contribution in [0.2, 0.25) is 0 Å². The fraction of sp³-hybridized carbons (Fsp3) is 0.667. The van der Waals surface area contributed by atoms with Gasteiger partial charge in [0.15, 0.2) is 0 Å². The third-order valence-corrected chi connectivity index (χ3v) is 6.13. The molecule has 5 heteroatoms. The van der Waals surface area contributed by atoms with Crippen LogP contribution in [0.3, 0.4) is 0 Å². The number of benzene rings is 1. The van der Waals surface area contributed by atoms with Gasteiger partial charge in [0.05, 0.1) is 36.1 Å². The van der Waals surface area contributed by atoms with E-state index in [9.17, 15) is 0 Å². The van der Waals surface area contributed by atoms with Gasteiger partial charge in [-0.25, -0.2) is 0 Å². The zero-order valence-electron chi connectivity index (χ0n) is 14.8. The van der Waals surface area contributed by atoms with Gasteiger partial charge in [-0.2, -0.15) is 0 Å². The predicted molar refractivity (Wildman–Crippen MR) is 99.1 cm³/mol. The Kier molecular flexibility index (Phi) is 5.33. The Bertz CT molecular complexity index is 589. The van der Waals surface area contributed by atoms with Gasteiger partial charge in [-0.1, -0.05) is 20.8 Å². The van der Waals surface area contributed by atoms with E-state index in [4.69, 9.17) is 4.74 Å². The average molecular weight is 451 g/mol. The van der Waals surface area contributed by atoms with Gasteiger partial charge in [0.25, 0.3) is 0 Å². The lowest BCUT2D eigenvalue weighted by Gasteiger charge is -2.53. The fourth-order valence-corrected chi connectivity index (χ4v) is 4.52. The molecule has 1 spiro atoms. The predicted octanol–water partition coefficient (Wildman–Crippen LogP) is 0.641. The molecule has 2 aliphatic heterocycles. The first-order valence-corrected chi connectivity index (χ1v) is 9.28. The van der Waals surface area contributed by atoms with Gasteiger partial charge in [0, 0.05) is 13.1 Å². The molecule has 1 saturated heterocycles. The zero-order valence-corrected chi connectivity index (χ0v) is 17.7. The molecular weight excluding hydrogens is 423 g/mol. The van der Waals surface area contributed by atoms with Gasteiger partial charge >= 0.3 is 0 Å². The molecule has 1 fully saturated rings. The molecule has 3 nitrogen and oxygen atoms in total. The average Bonchev–Trinajstić information content (AvgIpc) is 2.41. The number of nitrogens with zero attached hydrogens (tertiary/aromatic N) is 1. The number of nitrogens with one attached hydrogen (secondary N) is 1. The summed E-state index contributed by atoms with van der Waals surface area (Å²) in [7, 11) is 4.65. The number of piperidine rings is 1. The summed E-state index contributed by atoms with van der Waals surface area (Å²) in [6, 6.07) is 4.67. The van der Waals surface area contributed by atoms with Crippen LogP contribution in [0.5, 0.6) is 5.75 Å². The molecule has 0 saturated carbocycles. The third-order valence-electron chi connectivity index (χ3n) is 5.33. The quantitative estimate of drug-likeness (QED) is 0.463. The normalized spacial score (nSPS) is 22.0. The van der Waals surface area contributed by atoms with E-state index in [0.717, 1.165) is 42.7 Å². The molecule has 3 rings (SSSR count). The second kappa shape index (κ2) is 6.36. The number of fused-ring (bicyclic) bond motifs is 1. The molecule has 2 heterocycles. The highest BCUT2D eigenvalue weighted by atomic mass is 127. The topological polar surface area (TPSA) is 21.3 Å². The van der Waals surface area contributed by atoms with Gasteiger partial charge < -0.3 is 22.5 Å². The first kappa shape index (κ1) is 19.3. The van der Waals surface area contributed by atoms with Crippen molar-refractivity contribution in [2.75, 3.05) is 27.2 Å². The Labute approximate surface area is 160 Å². The molecule has 0 aromatic heterocycles. The number of rotatable bonds is 0. The lowest BCUT2D eigenvalue weighted by molar-refractivity contribution is -0.979. The van der Waals surface area contributed by atoms with Crippen molar-refractivity contribution in [1.29, 1.82) is 0 Å². The maximum atomic E-state index is 6.70. The number of hydrogen-bond acceptors (Lipinski definition) is 2. The van der Waals surface area contributed by atoms with Crippen molar-refractivity contribution in [2.45, 2.75) is 51.3 Å². The van der Waals surface area contributed by atoms with E-state index in [2.05, 4.69) is 74.9 Å². The first-order valence-electron chi connectivity index (χ1n) is 8.20. The summed E-state index contributed by atoms with van der Waals surface area (Å²) in [6.07, 6.45) is 2.16. The maximum absolute atomic E-state index is 6.70. The van der Waals surface area contributed by atoms with Gasteiger partial charge in [0.1, 0.15) is 12.3 Å². The van der Waals surface area contributed by atoms with E-state index in [-0.39, 0.29) is 23.5 Å². The van der Waals surface area contributed by atoms with Crippen molar-refractivity contribution in [3.63, 3.8) is 0 Å². The second-order valence-electron chi connectivity index (χ2n) is 8.34. The molecule has 0 unspecified atom stereocenters. The van der Waals surface area contributed by atoms with Crippen molar-refractivity contribution in [1.82, 2.24) is 5.32 Å². The Balaban J connectivity index is 0.00000192. The van der Waals surface area contributed by atoms with Gasteiger partial charge in [-0.05, 0) is 45.7 Å². The molecule has 0 bridgehead atoms. The molecule has 0 atom stereocenters. The summed E-state index contributed by atoms with van der Waals surface area (Å²) in [5.74, 6) is 1.13. The largest absolute Gasteiger partial charge is 1.00 e. The molecule has 1 aromatic carbocycles. The zero-order chi connectivity index (χ0) is 16.2. The highest BCUT2D eigenvalue weighted by Crippen LogP contribution is 2.45. The highest BCUT2D eigenvalue weighted by molar-refractivity contribution is 14.1. The Morgan fingerprint density at radius 2 is 1.78 bits per heavy atom.